The van der Waals surface area contributed by atoms with Gasteiger partial charge in [0.1, 0.15) is 5.56 Å². The quantitative estimate of drug-likeness (QED) is 0.660. The summed E-state index contributed by atoms with van der Waals surface area (Å²) in [6.07, 6.45) is 4.80. The highest BCUT2D eigenvalue weighted by Crippen LogP contribution is 2.33. The van der Waals surface area contributed by atoms with Crippen molar-refractivity contribution in [3.63, 3.8) is 0 Å². The van der Waals surface area contributed by atoms with E-state index in [9.17, 15) is 14.7 Å². The predicted molar refractivity (Wildman–Crippen MR) is 86.9 cm³/mol. The van der Waals surface area contributed by atoms with Gasteiger partial charge in [-0.05, 0) is 30.2 Å². The van der Waals surface area contributed by atoms with E-state index >= 15 is 0 Å². The van der Waals surface area contributed by atoms with Gasteiger partial charge in [0.15, 0.2) is 11.5 Å². The van der Waals surface area contributed by atoms with Crippen molar-refractivity contribution < 1.29 is 19.4 Å². The molecule has 1 aliphatic carbocycles. The lowest BCUT2D eigenvalue weighted by atomic mass is 9.91. The minimum Gasteiger partial charge on any atom is -0.505 e. The van der Waals surface area contributed by atoms with Crippen molar-refractivity contribution in [3.05, 3.63) is 58.4 Å². The van der Waals surface area contributed by atoms with E-state index in [4.69, 9.17) is 0 Å². The number of ether oxygens (including phenoxy) is 1. The van der Waals surface area contributed by atoms with Crippen LogP contribution in [0.5, 0.6) is 5.75 Å². The molecule has 23 heavy (non-hydrogen) atoms. The first kappa shape index (κ1) is 14.8. The number of rotatable bonds is 2. The van der Waals surface area contributed by atoms with E-state index in [0.29, 0.717) is 17.0 Å². The Morgan fingerprint density at radius 2 is 2.00 bits per heavy atom. The van der Waals surface area contributed by atoms with Gasteiger partial charge in [-0.25, -0.2) is 4.79 Å². The maximum Gasteiger partial charge on any atom is 0.343 e. The zero-order chi connectivity index (χ0) is 16.6. The van der Waals surface area contributed by atoms with E-state index in [1.807, 2.05) is 24.3 Å². The Morgan fingerprint density at radius 3 is 2.74 bits per heavy atom. The summed E-state index contributed by atoms with van der Waals surface area (Å²) in [6, 6.07) is 7.49. The summed E-state index contributed by atoms with van der Waals surface area (Å²) < 4.78 is 4.66. The standard InChI is InChI=1S/C18H15NO4/c1-10-16(18(22)23-2)17(21)14(19-10)9-13-12-6-4-3-5-11(12)7-8-15(13)20/h3-9,19,21H,1-2H3/b13-9+. The molecule has 5 nitrogen and oxygen atoms in total. The molecule has 5 heteroatoms. The molecule has 116 valence electrons. The lowest BCUT2D eigenvalue weighted by Crippen LogP contribution is -2.04. The second-order valence-electron chi connectivity index (χ2n) is 5.22. The third-order valence-corrected chi connectivity index (χ3v) is 3.80. The van der Waals surface area contributed by atoms with Gasteiger partial charge in [-0.1, -0.05) is 30.3 Å². The summed E-state index contributed by atoms with van der Waals surface area (Å²) in [4.78, 5) is 26.9. The van der Waals surface area contributed by atoms with Crippen molar-refractivity contribution in [3.8, 4) is 5.75 Å². The number of esters is 1. The first-order valence-corrected chi connectivity index (χ1v) is 7.06. The zero-order valence-corrected chi connectivity index (χ0v) is 12.7. The number of aromatic nitrogens is 1. The fraction of sp³-hybridized carbons (Fsp3) is 0.111. The number of aryl methyl sites for hydroxylation is 1. The minimum atomic E-state index is -0.629. The van der Waals surface area contributed by atoms with E-state index in [2.05, 4.69) is 9.72 Å². The summed E-state index contributed by atoms with van der Waals surface area (Å²) >= 11 is 0. The molecule has 1 aromatic heterocycles. The normalized spacial score (nSPS) is 14.9. The van der Waals surface area contributed by atoms with Crippen molar-refractivity contribution in [1.82, 2.24) is 4.98 Å². The lowest BCUT2D eigenvalue weighted by Gasteiger charge is -2.12. The van der Waals surface area contributed by atoms with Crippen LogP contribution < -0.4 is 0 Å². The van der Waals surface area contributed by atoms with E-state index in [-0.39, 0.29) is 17.1 Å². The van der Waals surface area contributed by atoms with E-state index in [0.717, 1.165) is 11.1 Å². The molecule has 0 amide bonds. The first-order chi connectivity index (χ1) is 11.0. The van der Waals surface area contributed by atoms with Crippen LogP contribution in [0.4, 0.5) is 0 Å². The number of hydrogen-bond donors (Lipinski definition) is 2. The number of methoxy groups -OCH3 is 1. The van der Waals surface area contributed by atoms with Crippen LogP contribution in [-0.4, -0.2) is 29.0 Å². The summed E-state index contributed by atoms with van der Waals surface area (Å²) in [6.45, 7) is 1.66. The molecule has 0 spiro atoms. The van der Waals surface area contributed by atoms with Crippen LogP contribution in [0.25, 0.3) is 17.7 Å². The van der Waals surface area contributed by atoms with Gasteiger partial charge >= 0.3 is 5.97 Å². The average molecular weight is 309 g/mol. The monoisotopic (exact) mass is 309 g/mol. The van der Waals surface area contributed by atoms with E-state index < -0.39 is 5.97 Å². The Kier molecular flexibility index (Phi) is 3.62. The molecule has 0 bridgehead atoms. The third-order valence-electron chi connectivity index (χ3n) is 3.80. The number of H-pyrrole nitrogens is 1. The number of hydrogen-bond acceptors (Lipinski definition) is 4. The number of fused-ring (bicyclic) bond motifs is 1. The molecular formula is C18H15NO4. The van der Waals surface area contributed by atoms with Crippen molar-refractivity contribution in [2.24, 2.45) is 0 Å². The number of nitrogens with one attached hydrogen (secondary N) is 1. The van der Waals surface area contributed by atoms with Gasteiger partial charge in [0.05, 0.1) is 12.8 Å². The van der Waals surface area contributed by atoms with Gasteiger partial charge in [-0.3, -0.25) is 4.79 Å². The second-order valence-corrected chi connectivity index (χ2v) is 5.22. The summed E-state index contributed by atoms with van der Waals surface area (Å²) in [7, 11) is 1.25. The number of carbonyl (C=O) groups excluding carboxylic acids is 2. The molecule has 0 aliphatic heterocycles. The maximum atomic E-state index is 12.2. The van der Waals surface area contributed by atoms with Crippen molar-refractivity contribution in [2.45, 2.75) is 6.92 Å². The number of benzene rings is 1. The van der Waals surface area contributed by atoms with Crippen LogP contribution in [-0.2, 0) is 9.53 Å². The van der Waals surface area contributed by atoms with Gasteiger partial charge in [-0.15, -0.1) is 0 Å². The van der Waals surface area contributed by atoms with E-state index in [1.54, 1.807) is 19.1 Å². The summed E-state index contributed by atoms with van der Waals surface area (Å²) in [5.74, 6) is -1.01. The Hall–Kier alpha value is -3.08. The van der Waals surface area contributed by atoms with Gasteiger partial charge in [0.2, 0.25) is 0 Å². The third kappa shape index (κ3) is 2.46. The van der Waals surface area contributed by atoms with Crippen LogP contribution in [0.3, 0.4) is 0 Å². The molecule has 2 N–H and O–H groups in total. The largest absolute Gasteiger partial charge is 0.505 e. The molecule has 0 saturated carbocycles. The summed E-state index contributed by atoms with van der Waals surface area (Å²) in [5.41, 5.74) is 3.02. The molecule has 2 aromatic rings. The number of allylic oxidation sites excluding steroid dienone is 2. The number of carbonyl (C=O) groups is 2. The Labute approximate surface area is 132 Å². The first-order valence-electron chi connectivity index (χ1n) is 7.06. The number of aromatic amines is 1. The number of aromatic hydroxyl groups is 1. The van der Waals surface area contributed by atoms with Crippen molar-refractivity contribution in [1.29, 1.82) is 0 Å². The molecule has 0 saturated heterocycles. The molecule has 0 radical (unpaired) electrons. The molecule has 1 aromatic carbocycles. The van der Waals surface area contributed by atoms with Crippen LogP contribution in [0.2, 0.25) is 0 Å². The zero-order valence-electron chi connectivity index (χ0n) is 12.7. The minimum absolute atomic E-state index is 0.0754. The molecule has 0 unspecified atom stereocenters. The molecule has 0 fully saturated rings. The fourth-order valence-corrected chi connectivity index (χ4v) is 2.66. The highest BCUT2D eigenvalue weighted by molar-refractivity contribution is 6.33. The van der Waals surface area contributed by atoms with Crippen molar-refractivity contribution >= 4 is 29.5 Å². The second kappa shape index (κ2) is 5.61. The smallest absolute Gasteiger partial charge is 0.343 e. The Balaban J connectivity index is 2.14. The fourth-order valence-electron chi connectivity index (χ4n) is 2.66. The number of ketones is 1. The Morgan fingerprint density at radius 1 is 1.26 bits per heavy atom. The van der Waals surface area contributed by atoms with Crippen molar-refractivity contribution in [2.75, 3.05) is 7.11 Å². The van der Waals surface area contributed by atoms with Crippen LogP contribution in [0.15, 0.2) is 30.3 Å². The Bertz CT molecular complexity index is 871. The highest BCUT2D eigenvalue weighted by atomic mass is 16.5. The van der Waals surface area contributed by atoms with Gasteiger partial charge in [0, 0.05) is 11.3 Å². The lowest BCUT2D eigenvalue weighted by molar-refractivity contribution is -0.109. The topological polar surface area (TPSA) is 79.4 Å². The predicted octanol–water partition coefficient (Wildman–Crippen LogP) is 2.95. The van der Waals surface area contributed by atoms with Gasteiger partial charge in [0.25, 0.3) is 0 Å². The molecule has 1 heterocycles. The van der Waals surface area contributed by atoms with Gasteiger partial charge < -0.3 is 14.8 Å². The SMILES string of the molecule is COC(=O)c1c(C)[nH]c(/C=C2/C(=O)C=Cc3ccccc32)c1O. The van der Waals surface area contributed by atoms with Crippen LogP contribution in [0, 0.1) is 6.92 Å². The van der Waals surface area contributed by atoms with Gasteiger partial charge in [-0.2, -0.15) is 0 Å². The van der Waals surface area contributed by atoms with Crippen LogP contribution >= 0.6 is 0 Å². The van der Waals surface area contributed by atoms with Crippen LogP contribution in [0.1, 0.15) is 32.9 Å². The highest BCUT2D eigenvalue weighted by Gasteiger charge is 2.23. The average Bonchev–Trinajstić information content (AvgIpc) is 2.83. The maximum absolute atomic E-state index is 12.2. The molecule has 0 atom stereocenters. The summed E-state index contributed by atoms with van der Waals surface area (Å²) in [5, 5.41) is 10.3. The molecular weight excluding hydrogens is 294 g/mol. The molecule has 1 aliphatic rings. The molecule has 3 rings (SSSR count). The van der Waals surface area contributed by atoms with E-state index in [1.165, 1.54) is 13.2 Å².